The highest BCUT2D eigenvalue weighted by Gasteiger charge is 2.12. The molecule has 0 spiro atoms. The summed E-state index contributed by atoms with van der Waals surface area (Å²) in [5, 5.41) is 8.04. The van der Waals surface area contributed by atoms with Crippen molar-refractivity contribution >= 4 is 28.9 Å². The normalized spacial score (nSPS) is 20.0. The largest absolute Gasteiger partial charge is 0.385 e. The van der Waals surface area contributed by atoms with Gasteiger partial charge in [-0.2, -0.15) is 0 Å². The summed E-state index contributed by atoms with van der Waals surface area (Å²) in [5.74, 6) is 0. The molecule has 0 aromatic heterocycles. The van der Waals surface area contributed by atoms with E-state index in [-0.39, 0.29) is 0 Å². The predicted octanol–water partition coefficient (Wildman–Crippen LogP) is 3.55. The Hall–Kier alpha value is -0.440. The van der Waals surface area contributed by atoms with Crippen molar-refractivity contribution in [3.05, 3.63) is 28.2 Å². The van der Waals surface area contributed by atoms with E-state index in [1.807, 2.05) is 18.2 Å². The van der Waals surface area contributed by atoms with E-state index in [1.54, 1.807) is 0 Å². The van der Waals surface area contributed by atoms with Crippen molar-refractivity contribution in [2.24, 2.45) is 0 Å². The Labute approximate surface area is 106 Å². The molecule has 1 saturated heterocycles. The molecule has 0 aliphatic carbocycles. The minimum atomic E-state index is 0.602. The topological polar surface area (TPSA) is 24.1 Å². The highest BCUT2D eigenvalue weighted by Crippen LogP contribution is 2.25. The van der Waals surface area contributed by atoms with Crippen molar-refractivity contribution < 1.29 is 0 Å². The molecule has 0 saturated carbocycles. The molecule has 1 aliphatic heterocycles. The van der Waals surface area contributed by atoms with Gasteiger partial charge in [0.1, 0.15) is 0 Å². The van der Waals surface area contributed by atoms with E-state index < -0.39 is 0 Å². The van der Waals surface area contributed by atoms with E-state index in [9.17, 15) is 0 Å². The number of nitrogens with one attached hydrogen (secondary N) is 2. The molecular weight excluding hydrogens is 243 g/mol. The van der Waals surface area contributed by atoms with Crippen LogP contribution >= 0.6 is 23.2 Å². The van der Waals surface area contributed by atoms with Gasteiger partial charge in [0, 0.05) is 18.3 Å². The number of hydrogen-bond acceptors (Lipinski definition) is 2. The Kier molecular flexibility index (Phi) is 4.33. The summed E-state index contributed by atoms with van der Waals surface area (Å²) in [7, 11) is 0. The standard InChI is InChI=1S/C12H16Cl2N2/c13-11-4-3-10(8-12(11)14)16-7-5-9-2-1-6-15-9/h3-4,8-9,15-16H,1-2,5-7H2. The van der Waals surface area contributed by atoms with Crippen molar-refractivity contribution in [3.63, 3.8) is 0 Å². The Morgan fingerprint density at radius 1 is 1.31 bits per heavy atom. The van der Waals surface area contributed by atoms with E-state index >= 15 is 0 Å². The molecule has 0 bridgehead atoms. The molecule has 4 heteroatoms. The van der Waals surface area contributed by atoms with Gasteiger partial charge >= 0.3 is 0 Å². The summed E-state index contributed by atoms with van der Waals surface area (Å²) in [6.07, 6.45) is 3.75. The Morgan fingerprint density at radius 2 is 2.19 bits per heavy atom. The second-order valence-electron chi connectivity index (χ2n) is 4.14. The molecule has 2 N–H and O–H groups in total. The molecule has 1 atom stereocenters. The first-order valence-corrected chi connectivity index (χ1v) is 6.43. The van der Waals surface area contributed by atoms with Crippen LogP contribution in [0.1, 0.15) is 19.3 Å². The fourth-order valence-electron chi connectivity index (χ4n) is 2.00. The van der Waals surface area contributed by atoms with Crippen molar-refractivity contribution in [2.75, 3.05) is 18.4 Å². The molecule has 2 nitrogen and oxygen atoms in total. The van der Waals surface area contributed by atoms with E-state index in [0.717, 1.165) is 25.2 Å². The SMILES string of the molecule is Clc1ccc(NCCC2CCCN2)cc1Cl. The maximum absolute atomic E-state index is 5.94. The van der Waals surface area contributed by atoms with Gasteiger partial charge in [-0.3, -0.25) is 0 Å². The molecule has 0 radical (unpaired) electrons. The van der Waals surface area contributed by atoms with Gasteiger partial charge in [-0.25, -0.2) is 0 Å². The molecule has 88 valence electrons. The van der Waals surface area contributed by atoms with Gasteiger partial charge in [0.05, 0.1) is 10.0 Å². The van der Waals surface area contributed by atoms with Crippen LogP contribution in [0.25, 0.3) is 0 Å². The molecule has 2 rings (SSSR count). The summed E-state index contributed by atoms with van der Waals surface area (Å²) in [4.78, 5) is 0. The third kappa shape index (κ3) is 3.27. The molecule has 1 aromatic carbocycles. The minimum Gasteiger partial charge on any atom is -0.385 e. The molecule has 0 amide bonds. The Morgan fingerprint density at radius 3 is 2.88 bits per heavy atom. The lowest BCUT2D eigenvalue weighted by Crippen LogP contribution is -2.24. The van der Waals surface area contributed by atoms with Crippen molar-refractivity contribution in [1.29, 1.82) is 0 Å². The molecule has 16 heavy (non-hydrogen) atoms. The van der Waals surface area contributed by atoms with E-state index in [1.165, 1.54) is 12.8 Å². The summed E-state index contributed by atoms with van der Waals surface area (Å²) in [6, 6.07) is 6.32. The molecule has 1 heterocycles. The highest BCUT2D eigenvalue weighted by atomic mass is 35.5. The fourth-order valence-corrected chi connectivity index (χ4v) is 2.30. The van der Waals surface area contributed by atoms with Gasteiger partial charge in [-0.15, -0.1) is 0 Å². The maximum Gasteiger partial charge on any atom is 0.0612 e. The zero-order valence-corrected chi connectivity index (χ0v) is 10.6. The van der Waals surface area contributed by atoms with E-state index in [2.05, 4.69) is 10.6 Å². The number of anilines is 1. The zero-order chi connectivity index (χ0) is 11.4. The van der Waals surface area contributed by atoms with Crippen LogP contribution < -0.4 is 10.6 Å². The monoisotopic (exact) mass is 258 g/mol. The second kappa shape index (κ2) is 5.76. The molecule has 1 aromatic rings. The van der Waals surface area contributed by atoms with Crippen LogP contribution in [-0.4, -0.2) is 19.1 Å². The first-order chi connectivity index (χ1) is 7.75. The second-order valence-corrected chi connectivity index (χ2v) is 4.95. The van der Waals surface area contributed by atoms with Gasteiger partial charge < -0.3 is 10.6 Å². The first-order valence-electron chi connectivity index (χ1n) is 5.68. The molecular formula is C12H16Cl2N2. The van der Waals surface area contributed by atoms with Crippen LogP contribution in [0.4, 0.5) is 5.69 Å². The van der Waals surface area contributed by atoms with Crippen LogP contribution in [0.3, 0.4) is 0 Å². The van der Waals surface area contributed by atoms with Crippen LogP contribution in [-0.2, 0) is 0 Å². The number of benzene rings is 1. The van der Waals surface area contributed by atoms with Crippen molar-refractivity contribution in [2.45, 2.75) is 25.3 Å². The predicted molar refractivity (Wildman–Crippen MR) is 70.6 cm³/mol. The number of rotatable bonds is 4. The third-order valence-electron chi connectivity index (χ3n) is 2.90. The van der Waals surface area contributed by atoms with Crippen molar-refractivity contribution in [1.82, 2.24) is 5.32 Å². The smallest absolute Gasteiger partial charge is 0.0612 e. The first kappa shape index (κ1) is 12.0. The van der Waals surface area contributed by atoms with Crippen molar-refractivity contribution in [3.8, 4) is 0 Å². The van der Waals surface area contributed by atoms with Crippen LogP contribution in [0.15, 0.2) is 18.2 Å². The molecule has 1 fully saturated rings. The van der Waals surface area contributed by atoms with Gasteiger partial charge in [0.25, 0.3) is 0 Å². The summed E-state index contributed by atoms with van der Waals surface area (Å²) in [6.45, 7) is 2.13. The maximum atomic E-state index is 5.94. The fraction of sp³-hybridized carbons (Fsp3) is 0.500. The lowest BCUT2D eigenvalue weighted by molar-refractivity contribution is 0.574. The van der Waals surface area contributed by atoms with Crippen LogP contribution in [0.2, 0.25) is 10.0 Å². The lowest BCUT2D eigenvalue weighted by atomic mass is 10.1. The molecule has 1 aliphatic rings. The van der Waals surface area contributed by atoms with Gasteiger partial charge in [0.15, 0.2) is 0 Å². The zero-order valence-electron chi connectivity index (χ0n) is 9.10. The number of halogens is 2. The molecule has 1 unspecified atom stereocenters. The third-order valence-corrected chi connectivity index (χ3v) is 3.64. The summed E-state index contributed by atoms with van der Waals surface area (Å²) in [5.41, 5.74) is 1.03. The minimum absolute atomic E-state index is 0.602. The highest BCUT2D eigenvalue weighted by molar-refractivity contribution is 6.42. The number of hydrogen-bond donors (Lipinski definition) is 2. The summed E-state index contributed by atoms with van der Waals surface area (Å²) >= 11 is 11.8. The Bertz CT molecular complexity index is 349. The van der Waals surface area contributed by atoms with E-state index in [0.29, 0.717) is 16.1 Å². The average Bonchev–Trinajstić information content (AvgIpc) is 2.76. The Balaban J connectivity index is 1.78. The van der Waals surface area contributed by atoms with Crippen LogP contribution in [0.5, 0.6) is 0 Å². The van der Waals surface area contributed by atoms with Gasteiger partial charge in [0.2, 0.25) is 0 Å². The average molecular weight is 259 g/mol. The quantitative estimate of drug-likeness (QED) is 0.864. The summed E-state index contributed by atoms with van der Waals surface area (Å²) < 4.78 is 0. The van der Waals surface area contributed by atoms with Crippen LogP contribution in [0, 0.1) is 0 Å². The lowest BCUT2D eigenvalue weighted by Gasteiger charge is -2.11. The van der Waals surface area contributed by atoms with E-state index in [4.69, 9.17) is 23.2 Å². The van der Waals surface area contributed by atoms with Gasteiger partial charge in [-0.1, -0.05) is 23.2 Å². The van der Waals surface area contributed by atoms with Gasteiger partial charge in [-0.05, 0) is 44.0 Å².